The number of rotatable bonds is 7. The van der Waals surface area contributed by atoms with Crippen molar-refractivity contribution >= 4 is 27.5 Å². The molecule has 146 valence electrons. The second-order valence-corrected chi connectivity index (χ2v) is 7.41. The third kappa shape index (κ3) is 4.55. The molecule has 0 atom stereocenters. The summed E-state index contributed by atoms with van der Waals surface area (Å²) < 4.78 is 17.7. The molecule has 0 saturated heterocycles. The Bertz CT molecular complexity index is 1090. The number of carbonyl (C=O) groups excluding carboxylic acids is 1. The number of carbonyl (C=O) groups is 1. The second kappa shape index (κ2) is 8.75. The third-order valence-electron chi connectivity index (χ3n) is 4.30. The molecule has 0 saturated carbocycles. The molecule has 4 rings (SSSR count). The highest BCUT2D eigenvalue weighted by Gasteiger charge is 2.14. The highest BCUT2D eigenvalue weighted by molar-refractivity contribution is 7.18. The molecular formula is C23H19NO4S. The number of thiazole rings is 1. The number of hydrogen-bond donors (Lipinski definition) is 0. The molecule has 5 nitrogen and oxygen atoms in total. The number of benzene rings is 3. The van der Waals surface area contributed by atoms with Gasteiger partial charge in [0.2, 0.25) is 0 Å². The molecule has 0 unspecified atom stereocenters. The van der Waals surface area contributed by atoms with Gasteiger partial charge >= 0.3 is 5.97 Å². The molecule has 29 heavy (non-hydrogen) atoms. The van der Waals surface area contributed by atoms with Crippen molar-refractivity contribution in [1.82, 2.24) is 4.98 Å². The molecule has 6 heteroatoms. The van der Waals surface area contributed by atoms with E-state index in [2.05, 4.69) is 4.98 Å². The zero-order chi connectivity index (χ0) is 20.1. The molecule has 0 fully saturated rings. The predicted octanol–water partition coefficient (Wildman–Crippen LogP) is 5.24. The lowest BCUT2D eigenvalue weighted by Gasteiger charge is -2.12. The summed E-state index contributed by atoms with van der Waals surface area (Å²) in [4.78, 5) is 16.9. The van der Waals surface area contributed by atoms with E-state index >= 15 is 0 Å². The topological polar surface area (TPSA) is 57.7 Å². The van der Waals surface area contributed by atoms with Gasteiger partial charge in [0.05, 0.1) is 22.9 Å². The maximum atomic E-state index is 12.5. The van der Waals surface area contributed by atoms with Gasteiger partial charge in [-0.25, -0.2) is 9.78 Å². The Kier molecular flexibility index (Phi) is 5.72. The van der Waals surface area contributed by atoms with Crippen molar-refractivity contribution in [2.24, 2.45) is 0 Å². The smallest absolute Gasteiger partial charge is 0.338 e. The van der Waals surface area contributed by atoms with Crippen molar-refractivity contribution in [1.29, 1.82) is 0 Å². The van der Waals surface area contributed by atoms with Crippen LogP contribution in [-0.4, -0.2) is 18.1 Å². The van der Waals surface area contributed by atoms with Crippen LogP contribution in [-0.2, 0) is 18.0 Å². The molecule has 0 N–H and O–H groups in total. The van der Waals surface area contributed by atoms with E-state index in [9.17, 15) is 4.79 Å². The third-order valence-corrected chi connectivity index (χ3v) is 5.31. The minimum Gasteiger partial charge on any atom is -0.493 e. The first kappa shape index (κ1) is 19.0. The predicted molar refractivity (Wildman–Crippen MR) is 113 cm³/mol. The monoisotopic (exact) mass is 405 g/mol. The van der Waals surface area contributed by atoms with Crippen LogP contribution >= 0.6 is 11.3 Å². The molecule has 4 aromatic rings. The van der Waals surface area contributed by atoms with Gasteiger partial charge in [-0.15, -0.1) is 11.3 Å². The van der Waals surface area contributed by atoms with E-state index in [1.54, 1.807) is 25.3 Å². The van der Waals surface area contributed by atoms with E-state index in [1.807, 2.05) is 54.6 Å². The van der Waals surface area contributed by atoms with Crippen molar-refractivity contribution in [3.63, 3.8) is 0 Å². The molecule has 0 spiro atoms. The van der Waals surface area contributed by atoms with Gasteiger partial charge in [-0.3, -0.25) is 0 Å². The number of hydrogen-bond acceptors (Lipinski definition) is 6. The summed E-state index contributed by atoms with van der Waals surface area (Å²) in [7, 11) is 1.54. The number of esters is 1. The molecule has 1 heterocycles. The summed E-state index contributed by atoms with van der Waals surface area (Å²) in [5, 5.41) is 0.759. The Morgan fingerprint density at radius 1 is 0.931 bits per heavy atom. The summed E-state index contributed by atoms with van der Waals surface area (Å²) in [6.07, 6.45) is 0. The Balaban J connectivity index is 1.41. The van der Waals surface area contributed by atoms with Crippen LogP contribution < -0.4 is 9.47 Å². The van der Waals surface area contributed by atoms with Gasteiger partial charge in [0.1, 0.15) is 18.2 Å². The first-order valence-electron chi connectivity index (χ1n) is 9.09. The summed E-state index contributed by atoms with van der Waals surface area (Å²) in [6, 6.07) is 22.7. The molecular weight excluding hydrogens is 386 g/mol. The van der Waals surface area contributed by atoms with E-state index in [-0.39, 0.29) is 6.61 Å². The van der Waals surface area contributed by atoms with E-state index in [0.29, 0.717) is 23.7 Å². The van der Waals surface area contributed by atoms with Gasteiger partial charge in [-0.2, -0.15) is 0 Å². The van der Waals surface area contributed by atoms with Crippen LogP contribution in [0.15, 0.2) is 72.8 Å². The first-order valence-corrected chi connectivity index (χ1v) is 9.91. The van der Waals surface area contributed by atoms with Gasteiger partial charge < -0.3 is 14.2 Å². The number of nitrogens with zero attached hydrogens (tertiary/aromatic N) is 1. The Morgan fingerprint density at radius 2 is 1.72 bits per heavy atom. The number of methoxy groups -OCH3 is 1. The minimum absolute atomic E-state index is 0.132. The lowest BCUT2D eigenvalue weighted by atomic mass is 10.2. The first-order chi connectivity index (χ1) is 14.2. The van der Waals surface area contributed by atoms with E-state index in [0.717, 1.165) is 20.8 Å². The van der Waals surface area contributed by atoms with Crippen LogP contribution in [0.25, 0.3) is 10.2 Å². The maximum Gasteiger partial charge on any atom is 0.338 e. The standard InChI is InChI=1S/C23H19NO4S/c1-26-20-13-17(11-12-19(20)27-14-16-7-3-2-4-8-16)23(25)28-15-22-24-18-9-5-6-10-21(18)29-22/h2-13H,14-15H2,1H3. The number of ether oxygens (including phenoxy) is 3. The van der Waals surface area contributed by atoms with Crippen LogP contribution in [0.4, 0.5) is 0 Å². The van der Waals surface area contributed by atoms with Crippen LogP contribution in [0.5, 0.6) is 11.5 Å². The van der Waals surface area contributed by atoms with Crippen LogP contribution in [0.1, 0.15) is 20.9 Å². The van der Waals surface area contributed by atoms with Crippen molar-refractivity contribution in [2.75, 3.05) is 7.11 Å². The summed E-state index contributed by atoms with van der Waals surface area (Å²) in [5.74, 6) is 0.617. The van der Waals surface area contributed by atoms with Crippen LogP contribution in [0, 0.1) is 0 Å². The molecule has 0 aliphatic heterocycles. The largest absolute Gasteiger partial charge is 0.493 e. The Labute approximate surface area is 172 Å². The van der Waals surface area contributed by atoms with Crippen LogP contribution in [0.3, 0.4) is 0 Å². The fraction of sp³-hybridized carbons (Fsp3) is 0.130. The van der Waals surface area contributed by atoms with Crippen molar-refractivity contribution < 1.29 is 19.0 Å². The Morgan fingerprint density at radius 3 is 2.52 bits per heavy atom. The average Bonchev–Trinajstić information content (AvgIpc) is 3.19. The molecule has 3 aromatic carbocycles. The summed E-state index contributed by atoms with van der Waals surface area (Å²) in [6.45, 7) is 0.547. The van der Waals surface area contributed by atoms with E-state index in [4.69, 9.17) is 14.2 Å². The average molecular weight is 405 g/mol. The molecule has 0 bridgehead atoms. The molecule has 0 radical (unpaired) electrons. The number of fused-ring (bicyclic) bond motifs is 1. The lowest BCUT2D eigenvalue weighted by molar-refractivity contribution is 0.0472. The summed E-state index contributed by atoms with van der Waals surface area (Å²) in [5.41, 5.74) is 2.36. The number of aromatic nitrogens is 1. The quantitative estimate of drug-likeness (QED) is 0.394. The SMILES string of the molecule is COc1cc(C(=O)OCc2nc3ccccc3s2)ccc1OCc1ccccc1. The molecule has 0 amide bonds. The fourth-order valence-electron chi connectivity index (χ4n) is 2.84. The highest BCUT2D eigenvalue weighted by Crippen LogP contribution is 2.29. The van der Waals surface area contributed by atoms with Gasteiger partial charge in [0, 0.05) is 0 Å². The van der Waals surface area contributed by atoms with Gasteiger partial charge in [-0.05, 0) is 35.9 Å². The van der Waals surface area contributed by atoms with E-state index in [1.165, 1.54) is 11.3 Å². The zero-order valence-electron chi connectivity index (χ0n) is 15.8. The zero-order valence-corrected chi connectivity index (χ0v) is 16.6. The Hall–Kier alpha value is -3.38. The fourth-order valence-corrected chi connectivity index (χ4v) is 3.72. The van der Waals surface area contributed by atoms with Crippen LogP contribution in [0.2, 0.25) is 0 Å². The minimum atomic E-state index is -0.433. The highest BCUT2D eigenvalue weighted by atomic mass is 32.1. The number of para-hydroxylation sites is 1. The van der Waals surface area contributed by atoms with Crippen molar-refractivity contribution in [2.45, 2.75) is 13.2 Å². The van der Waals surface area contributed by atoms with Gasteiger partial charge in [0.15, 0.2) is 11.5 Å². The van der Waals surface area contributed by atoms with E-state index < -0.39 is 5.97 Å². The van der Waals surface area contributed by atoms with Gasteiger partial charge in [0.25, 0.3) is 0 Å². The van der Waals surface area contributed by atoms with Crippen molar-refractivity contribution in [3.05, 3.63) is 88.9 Å². The lowest BCUT2D eigenvalue weighted by Crippen LogP contribution is -2.06. The second-order valence-electron chi connectivity index (χ2n) is 6.29. The molecule has 0 aliphatic rings. The summed E-state index contributed by atoms with van der Waals surface area (Å²) >= 11 is 1.52. The van der Waals surface area contributed by atoms with Crippen molar-refractivity contribution in [3.8, 4) is 11.5 Å². The maximum absolute atomic E-state index is 12.5. The normalized spacial score (nSPS) is 10.7. The molecule has 0 aliphatic carbocycles. The van der Waals surface area contributed by atoms with Gasteiger partial charge in [-0.1, -0.05) is 42.5 Å². The molecule has 1 aromatic heterocycles.